The number of imide groups is 1. The number of epoxide rings is 1. The van der Waals surface area contributed by atoms with E-state index in [-0.39, 0.29) is 84.6 Å². The molecule has 26 heteroatoms. The van der Waals surface area contributed by atoms with Gasteiger partial charge in [0.05, 0.1) is 31.2 Å². The van der Waals surface area contributed by atoms with Crippen molar-refractivity contribution in [2.45, 2.75) is 167 Å². The van der Waals surface area contributed by atoms with Crippen molar-refractivity contribution in [1.82, 2.24) is 31.1 Å². The van der Waals surface area contributed by atoms with E-state index in [9.17, 15) is 53.1 Å². The Hall–Kier alpha value is -7.61. The molecule has 0 aliphatic carbocycles. The lowest BCUT2D eigenvalue weighted by Gasteiger charge is -2.42. The number of carbonyl (C=O) groups is 10. The number of carbonyl (C=O) groups excluding carboxylic acids is 10. The highest BCUT2D eigenvalue weighted by Gasteiger charge is 2.64. The van der Waals surface area contributed by atoms with Gasteiger partial charge in [0.25, 0.3) is 5.91 Å². The monoisotopic (exact) mass is 1260 g/mol. The summed E-state index contributed by atoms with van der Waals surface area (Å²) in [4.78, 5) is 137. The molecule has 1 unspecified atom stereocenters. The van der Waals surface area contributed by atoms with Crippen molar-refractivity contribution in [3.8, 4) is 5.75 Å². The normalized spacial score (nSPS) is 25.4. The number of nitrogens with two attached hydrogens (primary N) is 1. The van der Waals surface area contributed by atoms with Gasteiger partial charge in [0.2, 0.25) is 35.4 Å². The number of methoxy groups -OCH3 is 2. The number of alkyl carbamates (subject to hydrolysis) is 1. The Kier molecular flexibility index (Phi) is 24.0. The molecule has 2 aromatic rings. The molecule has 4 aliphatic heterocycles. The molecule has 6 rings (SSSR count). The van der Waals surface area contributed by atoms with E-state index in [1.54, 1.807) is 52.0 Å². The van der Waals surface area contributed by atoms with Crippen LogP contribution in [0.25, 0.3) is 0 Å². The Morgan fingerprint density at radius 3 is 2.29 bits per heavy atom. The van der Waals surface area contributed by atoms with Crippen LogP contribution >= 0.6 is 11.6 Å². The van der Waals surface area contributed by atoms with Crippen LogP contribution in [0.1, 0.15) is 129 Å². The maximum Gasteiger partial charge on any atom is 0.409 e. The zero-order valence-electron chi connectivity index (χ0n) is 53.0. The number of fused-ring (bicyclic) bond motifs is 5. The number of allylic oxidation sites excluding steroid dienone is 3. The third-order valence-corrected chi connectivity index (χ3v) is 17.2. The maximum atomic E-state index is 14.4. The number of hydrogen-bond donors (Lipinski definition) is 7. The van der Waals surface area contributed by atoms with E-state index in [1.807, 2.05) is 33.8 Å². The number of urea groups is 1. The molecule has 3 saturated heterocycles. The minimum absolute atomic E-state index is 0.0454. The molecule has 8 N–H and O–H groups in total. The molecule has 0 aromatic heterocycles. The van der Waals surface area contributed by atoms with Gasteiger partial charge < -0.3 is 65.6 Å². The number of unbranched alkanes of at least 4 members (excludes halogenated alkanes) is 2. The smallest absolute Gasteiger partial charge is 0.409 e. The number of esters is 1. The Bertz CT molecular complexity index is 3040. The average Bonchev–Trinajstić information content (AvgIpc) is 1.90. The predicted molar refractivity (Wildman–Crippen MR) is 329 cm³/mol. The van der Waals surface area contributed by atoms with E-state index < -0.39 is 120 Å². The number of nitrogens with one attached hydrogen (secondary N) is 5. The fourth-order valence-corrected chi connectivity index (χ4v) is 11.7. The van der Waals surface area contributed by atoms with Crippen LogP contribution in [0, 0.1) is 23.2 Å². The van der Waals surface area contributed by atoms with Crippen molar-refractivity contribution < 1.29 is 76.7 Å². The van der Waals surface area contributed by atoms with Crippen LogP contribution in [-0.2, 0) is 58.9 Å². The molecule has 3 fully saturated rings. The number of hydrogen-bond acceptors (Lipinski definition) is 16. The number of likely N-dealkylation sites (tertiary alicyclic amines) is 1. The largest absolute Gasteiger partial charge is 0.495 e. The first kappa shape index (κ1) is 70.5. The first-order chi connectivity index (χ1) is 41.8. The quantitative estimate of drug-likeness (QED) is 0.0334. The van der Waals surface area contributed by atoms with Crippen LogP contribution in [0.3, 0.4) is 0 Å². The molecule has 10 amide bonds. The molecule has 0 radical (unpaired) electrons. The van der Waals surface area contributed by atoms with Crippen LogP contribution in [0.5, 0.6) is 5.75 Å². The van der Waals surface area contributed by atoms with E-state index in [4.69, 9.17) is 41.0 Å². The van der Waals surface area contributed by atoms with Crippen LogP contribution in [0.4, 0.5) is 21.0 Å². The molecular weight excluding hydrogens is 1170 g/mol. The minimum Gasteiger partial charge on any atom is -0.495 e. The summed E-state index contributed by atoms with van der Waals surface area (Å²) in [5, 5.41) is 25.3. The lowest BCUT2D eigenvalue weighted by molar-refractivity contribution is -0.154. The average molecular weight is 1260 g/mol. The van der Waals surface area contributed by atoms with Crippen molar-refractivity contribution >= 4 is 82.4 Å². The van der Waals surface area contributed by atoms with Crippen molar-refractivity contribution in [2.24, 2.45) is 28.9 Å². The molecule has 4 aliphatic rings. The van der Waals surface area contributed by atoms with Gasteiger partial charge in [0.1, 0.15) is 53.3 Å². The molecule has 25 nitrogen and oxygen atoms in total. The molecule has 0 saturated carbocycles. The second-order valence-electron chi connectivity index (χ2n) is 25.1. The molecule has 4 bridgehead atoms. The van der Waals surface area contributed by atoms with E-state index in [2.05, 4.69) is 26.6 Å². The van der Waals surface area contributed by atoms with Gasteiger partial charge in [0, 0.05) is 70.7 Å². The number of amides is 10. The van der Waals surface area contributed by atoms with E-state index in [0.717, 1.165) is 16.0 Å². The van der Waals surface area contributed by atoms with Gasteiger partial charge in [-0.05, 0) is 99.2 Å². The van der Waals surface area contributed by atoms with Gasteiger partial charge in [-0.25, -0.2) is 9.59 Å². The highest BCUT2D eigenvalue weighted by atomic mass is 35.5. The van der Waals surface area contributed by atoms with Crippen LogP contribution in [0.15, 0.2) is 60.2 Å². The third kappa shape index (κ3) is 18.3. The summed E-state index contributed by atoms with van der Waals surface area (Å²) in [6, 6.07) is 6.26. The number of halogens is 1. The van der Waals surface area contributed by atoms with E-state index in [1.165, 1.54) is 62.4 Å². The highest BCUT2D eigenvalue weighted by molar-refractivity contribution is 6.35. The van der Waals surface area contributed by atoms with Crippen LogP contribution < -0.4 is 42.0 Å². The molecule has 2 aromatic carbocycles. The van der Waals surface area contributed by atoms with Gasteiger partial charge in [0.15, 0.2) is 5.72 Å². The molecule has 4 heterocycles. The zero-order valence-corrected chi connectivity index (χ0v) is 53.7. The second-order valence-corrected chi connectivity index (χ2v) is 25.5. The lowest BCUT2D eigenvalue weighted by Crippen LogP contribution is -2.63. The number of anilines is 2. The highest BCUT2D eigenvalue weighted by Crippen LogP contribution is 2.49. The molecular formula is C63H88ClN9O16. The minimum atomic E-state index is -1.91. The van der Waals surface area contributed by atoms with Gasteiger partial charge in [-0.3, -0.25) is 48.6 Å². The molecule has 0 spiro atoms. The fraction of sp³-hybridized carbons (Fsp3) is 0.587. The molecule has 89 heavy (non-hydrogen) atoms. The summed E-state index contributed by atoms with van der Waals surface area (Å²) in [5.41, 5.74) is 3.93. The standard InChI is InChI=1S/C63H88ClN9O16/c1-35(2)53(69-48(74)21-14-13-15-27-73-50(76)31-41(58(73)81)61(5,6)7)56(79)68-42(19-17-26-66-59(65)82)55(78)67-40-24-22-39(23-25-40)57(80)71(9)34-51(77)88-47-32-49(75)72(10)43-29-38(30-44(85-11)52(43)64)28-36(3)18-16-20-46(86-12)63(84)33-45(87-60(83)70-63)37(4)54-62(47,8)89-54/h16,18,20,22-25,29-30,35,37,41-42,45-47,53-54,84H,13-15,17,19,21,26-28,31-34H2,1-12H3,(H,67,78)(H,68,79)(H,69,74)(H,70,83)(H3,65,66,82)/b20-16+,36-18+/t37-,41?,42+,45+,46-,47+,53+,54+,62+,63+/m1/s1. The fourth-order valence-electron chi connectivity index (χ4n) is 11.4. The number of aliphatic hydroxyl groups is 1. The summed E-state index contributed by atoms with van der Waals surface area (Å²) in [7, 11) is 5.75. The van der Waals surface area contributed by atoms with Crippen LogP contribution in [-0.4, -0.2) is 170 Å². The van der Waals surface area contributed by atoms with E-state index >= 15 is 0 Å². The van der Waals surface area contributed by atoms with Gasteiger partial charge in [-0.1, -0.05) is 83.4 Å². The molecule has 10 atom stereocenters. The Morgan fingerprint density at radius 1 is 0.966 bits per heavy atom. The third-order valence-electron chi connectivity index (χ3n) is 16.8. The second kappa shape index (κ2) is 30.3. The summed E-state index contributed by atoms with van der Waals surface area (Å²) >= 11 is 6.83. The number of rotatable bonds is 22. The number of ether oxygens (including phenoxy) is 5. The van der Waals surface area contributed by atoms with Gasteiger partial charge in [-0.15, -0.1) is 0 Å². The Balaban J connectivity index is 1.11. The number of primary amides is 1. The number of benzene rings is 2. The number of likely N-dealkylation sites (N-methyl/N-ethyl adjacent to an activating group) is 1. The van der Waals surface area contributed by atoms with Crippen molar-refractivity contribution in [1.29, 1.82) is 0 Å². The Morgan fingerprint density at radius 2 is 1.66 bits per heavy atom. The first-order valence-corrected chi connectivity index (χ1v) is 30.4. The topological polar surface area (TPSA) is 336 Å². The van der Waals surface area contributed by atoms with Gasteiger partial charge in [-0.2, -0.15) is 0 Å². The number of nitrogens with zero attached hydrogens (tertiary/aromatic N) is 3. The Labute approximate surface area is 524 Å². The van der Waals surface area contributed by atoms with Crippen LogP contribution in [0.2, 0.25) is 5.02 Å². The van der Waals surface area contributed by atoms with E-state index in [0.29, 0.717) is 37.1 Å². The first-order valence-electron chi connectivity index (χ1n) is 30.0. The summed E-state index contributed by atoms with van der Waals surface area (Å²) in [6.07, 6.45) is 2.10. The predicted octanol–water partition coefficient (Wildman–Crippen LogP) is 5.43. The van der Waals surface area contributed by atoms with Crippen molar-refractivity contribution in [3.63, 3.8) is 0 Å². The van der Waals surface area contributed by atoms with Gasteiger partial charge >= 0.3 is 18.1 Å². The molecule has 488 valence electrons. The zero-order chi connectivity index (χ0) is 65.9. The van der Waals surface area contributed by atoms with Crippen molar-refractivity contribution in [2.75, 3.05) is 58.2 Å². The summed E-state index contributed by atoms with van der Waals surface area (Å²) < 4.78 is 29.4. The van der Waals surface area contributed by atoms with Crippen molar-refractivity contribution in [3.05, 3.63) is 76.3 Å². The summed E-state index contributed by atoms with van der Waals surface area (Å²) in [6.45, 7) is 14.3. The lowest BCUT2D eigenvalue weighted by atomic mass is 9.80. The SMILES string of the molecule is COc1cc2cc(c1Cl)N(C)C(=O)C[C@H](OC(=O)CN(C)C(=O)c1ccc(NC(=O)[C@H](CCCNC(N)=O)NC(=O)[C@@H](NC(=O)CCCCCN3C(=O)CC(C(C)(C)C)C3=O)C(C)C)cc1)[C@]1(C)O[C@H]1[C@H](C)[C@@H]1C[C@@](O)(NC(=O)O1)[C@H](OC)/C=C/C=C(\C)C2. The maximum absolute atomic E-state index is 14.4. The summed E-state index contributed by atoms with van der Waals surface area (Å²) in [5.74, 6) is -5.19.